The summed E-state index contributed by atoms with van der Waals surface area (Å²) in [7, 11) is 1.95. The molecule has 0 bridgehead atoms. The Labute approximate surface area is 148 Å². The van der Waals surface area contributed by atoms with Crippen molar-refractivity contribution < 1.29 is 4.79 Å². The first-order valence-corrected chi connectivity index (χ1v) is 9.38. The average Bonchev–Trinajstić information content (AvgIpc) is 3.12. The molecule has 0 saturated carbocycles. The first-order chi connectivity index (χ1) is 11.1. The Balaban J connectivity index is 1.94. The highest BCUT2D eigenvalue weighted by Crippen LogP contribution is 2.27. The number of thiazole rings is 1. The number of aryl methyl sites for hydroxylation is 1. The van der Waals surface area contributed by atoms with E-state index in [0.717, 1.165) is 14.0 Å². The predicted molar refractivity (Wildman–Crippen MR) is 100 cm³/mol. The minimum absolute atomic E-state index is 0.202. The number of nitrogens with zero attached hydrogens (tertiary/aromatic N) is 2. The molecule has 23 heavy (non-hydrogen) atoms. The Kier molecular flexibility index (Phi) is 3.67. The molecule has 0 N–H and O–H groups in total. The lowest BCUT2D eigenvalue weighted by Crippen LogP contribution is -2.12. The summed E-state index contributed by atoms with van der Waals surface area (Å²) in [6, 6.07) is 16.1. The van der Waals surface area contributed by atoms with E-state index in [1.165, 1.54) is 22.1 Å². The Morgan fingerprint density at radius 3 is 2.70 bits per heavy atom. The van der Waals surface area contributed by atoms with Crippen molar-refractivity contribution in [3.05, 3.63) is 62.0 Å². The van der Waals surface area contributed by atoms with Crippen LogP contribution in [-0.2, 0) is 7.05 Å². The van der Waals surface area contributed by atoms with Gasteiger partial charge in [0.15, 0.2) is 4.80 Å². The summed E-state index contributed by atoms with van der Waals surface area (Å²) >= 11 is 6.33. The molecule has 0 aliphatic heterocycles. The normalized spacial score (nSPS) is 12.3. The Morgan fingerprint density at radius 1 is 1.09 bits per heavy atom. The number of fused-ring (bicyclic) bond motifs is 3. The van der Waals surface area contributed by atoms with Crippen LogP contribution >= 0.6 is 38.6 Å². The number of carbonyl (C=O) groups excluding carboxylic acids is 1. The van der Waals surface area contributed by atoms with Gasteiger partial charge in [-0.15, -0.1) is 11.3 Å². The van der Waals surface area contributed by atoms with Crippen molar-refractivity contribution in [2.24, 2.45) is 12.0 Å². The van der Waals surface area contributed by atoms with Crippen molar-refractivity contribution >= 4 is 65.5 Å². The molecular formula is C17H11BrN2OS2. The number of aromatic nitrogens is 1. The molecule has 0 unspecified atom stereocenters. The third-order valence-corrected chi connectivity index (χ3v) is 6.47. The molecule has 2 heterocycles. The SMILES string of the molecule is Cn1c(=NC(=O)c2ccc(Br)s2)sc2c3ccccc3ccc21. The van der Waals surface area contributed by atoms with Crippen LogP contribution in [0.4, 0.5) is 0 Å². The number of hydrogen-bond acceptors (Lipinski definition) is 3. The van der Waals surface area contributed by atoms with Gasteiger partial charge in [-0.1, -0.05) is 41.7 Å². The second-order valence-corrected chi connectivity index (χ2v) is 8.54. The van der Waals surface area contributed by atoms with Crippen LogP contribution in [0.15, 0.2) is 57.3 Å². The van der Waals surface area contributed by atoms with Crippen LogP contribution in [0.25, 0.3) is 21.0 Å². The van der Waals surface area contributed by atoms with Crippen molar-refractivity contribution in [2.45, 2.75) is 0 Å². The standard InChI is InChI=1S/C17H11BrN2OS2/c1-20-12-7-6-10-4-2-3-5-11(10)15(12)23-17(20)19-16(21)13-8-9-14(18)22-13/h2-9H,1H3. The van der Waals surface area contributed by atoms with Gasteiger partial charge in [0.25, 0.3) is 5.91 Å². The lowest BCUT2D eigenvalue weighted by atomic mass is 10.1. The molecule has 4 aromatic rings. The predicted octanol–water partition coefficient (Wildman–Crippen LogP) is 4.96. The molecule has 0 atom stereocenters. The molecule has 2 aromatic heterocycles. The van der Waals surface area contributed by atoms with E-state index in [4.69, 9.17) is 0 Å². The maximum Gasteiger partial charge on any atom is 0.289 e. The fourth-order valence-electron chi connectivity index (χ4n) is 2.53. The third kappa shape index (κ3) is 2.56. The van der Waals surface area contributed by atoms with Crippen LogP contribution in [0.2, 0.25) is 0 Å². The van der Waals surface area contributed by atoms with Crippen LogP contribution in [0, 0.1) is 0 Å². The lowest BCUT2D eigenvalue weighted by Gasteiger charge is -1.99. The summed E-state index contributed by atoms with van der Waals surface area (Å²) < 4.78 is 4.07. The average molecular weight is 403 g/mol. The van der Waals surface area contributed by atoms with Gasteiger partial charge in [-0.05, 0) is 39.5 Å². The Bertz CT molecular complexity index is 1120. The Hall–Kier alpha value is -1.76. The van der Waals surface area contributed by atoms with Gasteiger partial charge in [0, 0.05) is 12.4 Å². The molecule has 3 nitrogen and oxygen atoms in total. The number of thiophene rings is 1. The van der Waals surface area contributed by atoms with E-state index in [0.29, 0.717) is 9.68 Å². The molecule has 0 spiro atoms. The van der Waals surface area contributed by atoms with Gasteiger partial charge in [-0.25, -0.2) is 0 Å². The van der Waals surface area contributed by atoms with Crippen molar-refractivity contribution in [2.75, 3.05) is 0 Å². The third-order valence-electron chi connectivity index (χ3n) is 3.68. The van der Waals surface area contributed by atoms with Crippen molar-refractivity contribution in [3.63, 3.8) is 0 Å². The largest absolute Gasteiger partial charge is 0.319 e. The van der Waals surface area contributed by atoms with E-state index in [-0.39, 0.29) is 5.91 Å². The molecule has 1 amide bonds. The molecule has 0 aliphatic rings. The summed E-state index contributed by atoms with van der Waals surface area (Å²) in [6.45, 7) is 0. The second kappa shape index (κ2) is 5.70. The van der Waals surface area contributed by atoms with E-state index >= 15 is 0 Å². The zero-order chi connectivity index (χ0) is 16.0. The molecule has 2 aromatic carbocycles. The molecular weight excluding hydrogens is 392 g/mol. The molecule has 4 rings (SSSR count). The molecule has 6 heteroatoms. The zero-order valence-electron chi connectivity index (χ0n) is 12.1. The summed E-state index contributed by atoms with van der Waals surface area (Å²) in [4.78, 5) is 18.0. The fourth-order valence-corrected chi connectivity index (χ4v) is 4.96. The van der Waals surface area contributed by atoms with Crippen LogP contribution in [-0.4, -0.2) is 10.5 Å². The minimum Gasteiger partial charge on any atom is -0.319 e. The van der Waals surface area contributed by atoms with Crippen LogP contribution in [0.5, 0.6) is 0 Å². The molecule has 0 saturated heterocycles. The minimum atomic E-state index is -0.202. The number of rotatable bonds is 1. The quantitative estimate of drug-likeness (QED) is 0.443. The first-order valence-electron chi connectivity index (χ1n) is 6.95. The molecule has 114 valence electrons. The van der Waals surface area contributed by atoms with Crippen LogP contribution in [0.3, 0.4) is 0 Å². The highest BCUT2D eigenvalue weighted by molar-refractivity contribution is 9.11. The van der Waals surface area contributed by atoms with Gasteiger partial charge < -0.3 is 4.57 Å². The van der Waals surface area contributed by atoms with Gasteiger partial charge in [0.2, 0.25) is 0 Å². The van der Waals surface area contributed by atoms with Crippen molar-refractivity contribution in [1.29, 1.82) is 0 Å². The van der Waals surface area contributed by atoms with Crippen molar-refractivity contribution in [1.82, 2.24) is 4.57 Å². The van der Waals surface area contributed by atoms with E-state index < -0.39 is 0 Å². The van der Waals surface area contributed by atoms with Crippen LogP contribution in [0.1, 0.15) is 9.67 Å². The highest BCUT2D eigenvalue weighted by atomic mass is 79.9. The number of carbonyl (C=O) groups is 1. The number of halogens is 1. The maximum absolute atomic E-state index is 12.3. The van der Waals surface area contributed by atoms with E-state index in [9.17, 15) is 4.79 Å². The molecule has 0 aliphatic carbocycles. The second-order valence-electron chi connectivity index (χ2n) is 5.10. The smallest absolute Gasteiger partial charge is 0.289 e. The van der Waals surface area contributed by atoms with Gasteiger partial charge in [0.05, 0.1) is 18.9 Å². The number of hydrogen-bond donors (Lipinski definition) is 0. The van der Waals surface area contributed by atoms with Gasteiger partial charge in [0.1, 0.15) is 0 Å². The highest BCUT2D eigenvalue weighted by Gasteiger charge is 2.10. The number of benzene rings is 2. The number of amides is 1. The van der Waals surface area contributed by atoms with Gasteiger partial charge in [-0.3, -0.25) is 4.79 Å². The molecule has 0 radical (unpaired) electrons. The first kappa shape index (κ1) is 14.8. The molecule has 0 fully saturated rings. The maximum atomic E-state index is 12.3. The summed E-state index contributed by atoms with van der Waals surface area (Å²) in [5, 5.41) is 2.39. The van der Waals surface area contributed by atoms with E-state index in [1.54, 1.807) is 17.4 Å². The Morgan fingerprint density at radius 2 is 1.91 bits per heavy atom. The summed E-state index contributed by atoms with van der Waals surface area (Å²) in [5.41, 5.74) is 1.09. The zero-order valence-corrected chi connectivity index (χ0v) is 15.3. The fraction of sp³-hybridized carbons (Fsp3) is 0.0588. The topological polar surface area (TPSA) is 34.4 Å². The lowest BCUT2D eigenvalue weighted by molar-refractivity contribution is 0.100. The van der Waals surface area contributed by atoms with Gasteiger partial charge >= 0.3 is 0 Å². The van der Waals surface area contributed by atoms with Crippen LogP contribution < -0.4 is 4.80 Å². The summed E-state index contributed by atoms with van der Waals surface area (Å²) in [6.07, 6.45) is 0. The van der Waals surface area contributed by atoms with E-state index in [1.807, 2.05) is 29.8 Å². The summed E-state index contributed by atoms with van der Waals surface area (Å²) in [5.74, 6) is -0.202. The van der Waals surface area contributed by atoms with Gasteiger partial charge in [-0.2, -0.15) is 4.99 Å². The monoisotopic (exact) mass is 402 g/mol. The van der Waals surface area contributed by atoms with Crippen molar-refractivity contribution in [3.8, 4) is 0 Å². The van der Waals surface area contributed by atoms with E-state index in [2.05, 4.69) is 45.2 Å².